The van der Waals surface area contributed by atoms with E-state index in [1.165, 1.54) is 0 Å². The van der Waals surface area contributed by atoms with Crippen LogP contribution in [-0.4, -0.2) is 25.0 Å². The molecule has 0 saturated carbocycles. The van der Waals surface area contributed by atoms with Gasteiger partial charge >= 0.3 is 6.09 Å². The molecule has 12 heavy (non-hydrogen) atoms. The van der Waals surface area contributed by atoms with Gasteiger partial charge in [-0.15, -0.1) is 0 Å². The summed E-state index contributed by atoms with van der Waals surface area (Å²) >= 11 is 0. The average molecular weight is 172 g/mol. The van der Waals surface area contributed by atoms with E-state index in [1.807, 2.05) is 13.8 Å². The van der Waals surface area contributed by atoms with Crippen LogP contribution in [0.2, 0.25) is 0 Å². The van der Waals surface area contributed by atoms with Crippen molar-refractivity contribution in [2.75, 3.05) is 6.61 Å². The van der Waals surface area contributed by atoms with Crippen molar-refractivity contribution in [1.82, 2.24) is 5.32 Å². The number of nitrogens with one attached hydrogen (secondary N) is 1. The van der Waals surface area contributed by atoms with E-state index in [4.69, 9.17) is 0 Å². The number of ether oxygens (including phenoxy) is 1. The summed E-state index contributed by atoms with van der Waals surface area (Å²) < 4.78 is 4.60. The second-order valence-electron chi connectivity index (χ2n) is 2.70. The summed E-state index contributed by atoms with van der Waals surface area (Å²) in [5, 5.41) is 2.38. The van der Waals surface area contributed by atoms with Gasteiger partial charge in [0.05, 0.1) is 6.61 Å². The highest BCUT2D eigenvalue weighted by Gasteiger charge is 2.15. The third kappa shape index (κ3) is 3.95. The molecule has 1 radical (unpaired) electrons. The van der Waals surface area contributed by atoms with Gasteiger partial charge in [0.1, 0.15) is 6.04 Å². The predicted molar refractivity (Wildman–Crippen MR) is 44.5 cm³/mol. The summed E-state index contributed by atoms with van der Waals surface area (Å²) in [5.41, 5.74) is 0. The molecule has 0 heterocycles. The van der Waals surface area contributed by atoms with E-state index in [-0.39, 0.29) is 5.92 Å². The second kappa shape index (κ2) is 5.57. The van der Waals surface area contributed by atoms with E-state index < -0.39 is 12.1 Å². The van der Waals surface area contributed by atoms with Gasteiger partial charge in [-0.2, -0.15) is 0 Å². The van der Waals surface area contributed by atoms with Crippen LogP contribution in [-0.2, 0) is 9.53 Å². The number of rotatable bonds is 4. The third-order valence-electron chi connectivity index (χ3n) is 1.34. The molecular formula is C8H14NO3. The van der Waals surface area contributed by atoms with Crippen LogP contribution in [0.3, 0.4) is 0 Å². The lowest BCUT2D eigenvalue weighted by Gasteiger charge is -2.14. The Morgan fingerprint density at radius 3 is 2.50 bits per heavy atom. The molecule has 0 aromatic rings. The molecule has 0 aliphatic carbocycles. The quantitative estimate of drug-likeness (QED) is 0.684. The maximum Gasteiger partial charge on any atom is 0.407 e. The Kier molecular flexibility index (Phi) is 5.08. The van der Waals surface area contributed by atoms with E-state index in [0.29, 0.717) is 6.61 Å². The first-order chi connectivity index (χ1) is 5.61. The Morgan fingerprint density at radius 2 is 2.17 bits per heavy atom. The van der Waals surface area contributed by atoms with Crippen LogP contribution in [0.25, 0.3) is 0 Å². The van der Waals surface area contributed by atoms with Crippen molar-refractivity contribution in [3.63, 3.8) is 0 Å². The van der Waals surface area contributed by atoms with Gasteiger partial charge in [-0.05, 0) is 12.8 Å². The summed E-state index contributed by atoms with van der Waals surface area (Å²) in [7, 11) is 0. The molecule has 0 aromatic heterocycles. The van der Waals surface area contributed by atoms with E-state index in [1.54, 1.807) is 13.2 Å². The third-order valence-corrected chi connectivity index (χ3v) is 1.34. The topological polar surface area (TPSA) is 55.4 Å². The molecule has 0 aliphatic rings. The van der Waals surface area contributed by atoms with Crippen LogP contribution in [0.15, 0.2) is 0 Å². The molecular weight excluding hydrogens is 158 g/mol. The minimum absolute atomic E-state index is 0.0342. The van der Waals surface area contributed by atoms with Crippen LogP contribution in [0.4, 0.5) is 4.79 Å². The molecule has 0 spiro atoms. The summed E-state index contributed by atoms with van der Waals surface area (Å²) in [4.78, 5) is 21.1. The van der Waals surface area contributed by atoms with Gasteiger partial charge in [0.15, 0.2) is 0 Å². The molecule has 0 fully saturated rings. The molecule has 0 unspecified atom stereocenters. The van der Waals surface area contributed by atoms with Crippen molar-refractivity contribution in [2.24, 2.45) is 5.92 Å². The highest BCUT2D eigenvalue weighted by molar-refractivity contribution is 5.73. The van der Waals surface area contributed by atoms with E-state index in [9.17, 15) is 9.59 Å². The maximum absolute atomic E-state index is 10.8. The first-order valence-electron chi connectivity index (χ1n) is 3.92. The summed E-state index contributed by atoms with van der Waals surface area (Å²) in [6.07, 6.45) is 1.16. The van der Waals surface area contributed by atoms with Crippen molar-refractivity contribution < 1.29 is 14.3 Å². The van der Waals surface area contributed by atoms with Gasteiger partial charge in [0.25, 0.3) is 0 Å². The highest BCUT2D eigenvalue weighted by Crippen LogP contribution is 1.98. The van der Waals surface area contributed by atoms with Crippen LogP contribution in [0.5, 0.6) is 0 Å². The van der Waals surface area contributed by atoms with Crippen LogP contribution in [0.1, 0.15) is 20.8 Å². The fraction of sp³-hybridized carbons (Fsp3) is 0.750. The Labute approximate surface area is 72.3 Å². The molecule has 1 N–H and O–H groups in total. The Bertz CT molecular complexity index is 156. The number of hydrogen-bond donors (Lipinski definition) is 1. The van der Waals surface area contributed by atoms with Crippen molar-refractivity contribution >= 4 is 12.4 Å². The average Bonchev–Trinajstić information content (AvgIpc) is 2.00. The van der Waals surface area contributed by atoms with Crippen molar-refractivity contribution in [3.8, 4) is 0 Å². The summed E-state index contributed by atoms with van der Waals surface area (Å²) in [6, 6.07) is -0.580. The zero-order chi connectivity index (χ0) is 9.56. The largest absolute Gasteiger partial charge is 0.450 e. The monoisotopic (exact) mass is 172 g/mol. The Balaban J connectivity index is 3.85. The number of carbonyl (C=O) groups is 1. The second-order valence-corrected chi connectivity index (χ2v) is 2.70. The highest BCUT2D eigenvalue weighted by atomic mass is 16.5. The van der Waals surface area contributed by atoms with E-state index in [0.717, 1.165) is 0 Å². The zero-order valence-electron chi connectivity index (χ0n) is 7.59. The Morgan fingerprint density at radius 1 is 1.58 bits per heavy atom. The van der Waals surface area contributed by atoms with Crippen molar-refractivity contribution in [1.29, 1.82) is 0 Å². The lowest BCUT2D eigenvalue weighted by molar-refractivity contribution is 0.148. The fourth-order valence-corrected chi connectivity index (χ4v) is 0.632. The molecule has 0 saturated heterocycles. The maximum atomic E-state index is 10.8. The number of carbonyl (C=O) groups excluding carboxylic acids is 2. The predicted octanol–water partition coefficient (Wildman–Crippen LogP) is 0.867. The zero-order valence-corrected chi connectivity index (χ0v) is 7.59. The molecule has 0 rings (SSSR count). The normalized spacial score (nSPS) is 12.3. The van der Waals surface area contributed by atoms with Gasteiger partial charge in [0.2, 0.25) is 6.29 Å². The summed E-state index contributed by atoms with van der Waals surface area (Å²) in [6.45, 7) is 5.65. The van der Waals surface area contributed by atoms with E-state index in [2.05, 4.69) is 10.1 Å². The SMILES string of the molecule is CCOC(=O)N[C@@H]([C]=O)C(C)C. The fourth-order valence-electron chi connectivity index (χ4n) is 0.632. The van der Waals surface area contributed by atoms with Crippen molar-refractivity contribution in [2.45, 2.75) is 26.8 Å². The van der Waals surface area contributed by atoms with Crippen LogP contribution < -0.4 is 5.32 Å². The lowest BCUT2D eigenvalue weighted by Crippen LogP contribution is -2.39. The standard InChI is InChI=1S/C8H14NO3/c1-4-12-8(11)9-7(5-10)6(2)3/h6-7H,4H2,1-3H3,(H,9,11)/t7-/m0/s1. The van der Waals surface area contributed by atoms with Gasteiger partial charge in [-0.25, -0.2) is 4.79 Å². The van der Waals surface area contributed by atoms with Gasteiger partial charge in [0, 0.05) is 0 Å². The smallest absolute Gasteiger partial charge is 0.407 e. The van der Waals surface area contributed by atoms with Gasteiger partial charge in [-0.3, -0.25) is 4.79 Å². The first kappa shape index (κ1) is 10.9. The lowest BCUT2D eigenvalue weighted by atomic mass is 10.1. The number of alkyl carbamates (subject to hydrolysis) is 1. The van der Waals surface area contributed by atoms with Gasteiger partial charge < -0.3 is 10.1 Å². The minimum Gasteiger partial charge on any atom is -0.450 e. The molecule has 4 nitrogen and oxygen atoms in total. The molecule has 1 amide bonds. The van der Waals surface area contributed by atoms with Crippen LogP contribution >= 0.6 is 0 Å². The molecule has 0 aromatic carbocycles. The summed E-state index contributed by atoms with van der Waals surface area (Å²) in [5.74, 6) is 0.0342. The minimum atomic E-state index is -0.580. The molecule has 0 aliphatic heterocycles. The first-order valence-corrected chi connectivity index (χ1v) is 3.92. The van der Waals surface area contributed by atoms with E-state index >= 15 is 0 Å². The molecule has 69 valence electrons. The van der Waals surface area contributed by atoms with Crippen molar-refractivity contribution in [3.05, 3.63) is 0 Å². The molecule has 0 bridgehead atoms. The van der Waals surface area contributed by atoms with Gasteiger partial charge in [-0.1, -0.05) is 13.8 Å². The molecule has 4 heteroatoms. The van der Waals surface area contributed by atoms with Crippen LogP contribution in [0, 0.1) is 5.92 Å². The molecule has 1 atom stereocenters. The Hall–Kier alpha value is -1.06. The number of hydrogen-bond acceptors (Lipinski definition) is 3. The number of amides is 1.